The van der Waals surface area contributed by atoms with Gasteiger partial charge in [0.25, 0.3) is 5.56 Å². The van der Waals surface area contributed by atoms with Crippen LogP contribution >= 0.6 is 11.5 Å². The second kappa shape index (κ2) is 7.46. The van der Waals surface area contributed by atoms with Gasteiger partial charge in [-0.1, -0.05) is 6.07 Å². The smallest absolute Gasteiger partial charge is 0.278 e. The van der Waals surface area contributed by atoms with E-state index in [-0.39, 0.29) is 11.6 Å². The fourth-order valence-corrected chi connectivity index (χ4v) is 4.96. The summed E-state index contributed by atoms with van der Waals surface area (Å²) in [5.74, 6) is 0.901. The molecule has 1 aliphatic carbocycles. The maximum absolute atomic E-state index is 14.5. The number of halogens is 1. The van der Waals surface area contributed by atoms with Crippen molar-refractivity contribution >= 4 is 34.2 Å². The van der Waals surface area contributed by atoms with Gasteiger partial charge in [-0.25, -0.2) is 18.7 Å². The lowest BCUT2D eigenvalue weighted by Gasteiger charge is -2.18. The molecule has 1 saturated carbocycles. The molecule has 0 unspecified atom stereocenters. The maximum Gasteiger partial charge on any atom is 0.278 e. The molecule has 1 aliphatic heterocycles. The summed E-state index contributed by atoms with van der Waals surface area (Å²) in [6.07, 6.45) is 4.42. The van der Waals surface area contributed by atoms with Crippen molar-refractivity contribution in [3.8, 4) is 5.82 Å². The van der Waals surface area contributed by atoms with E-state index < -0.39 is 5.67 Å². The molecule has 0 radical (unpaired) electrons. The van der Waals surface area contributed by atoms with Gasteiger partial charge >= 0.3 is 0 Å². The molecule has 0 spiro atoms. The Kier molecular flexibility index (Phi) is 4.63. The highest BCUT2D eigenvalue weighted by Gasteiger charge is 2.32. The zero-order chi connectivity index (χ0) is 22.7. The van der Waals surface area contributed by atoms with Gasteiger partial charge in [0.1, 0.15) is 11.1 Å². The second-order valence-electron chi connectivity index (χ2n) is 9.18. The van der Waals surface area contributed by atoms with E-state index in [0.29, 0.717) is 27.7 Å². The first kappa shape index (κ1) is 20.5. The first-order chi connectivity index (χ1) is 15.9. The van der Waals surface area contributed by atoms with Crippen molar-refractivity contribution in [3.63, 3.8) is 0 Å². The van der Waals surface area contributed by atoms with E-state index in [1.807, 2.05) is 6.07 Å². The van der Waals surface area contributed by atoms with Crippen molar-refractivity contribution < 1.29 is 4.39 Å². The predicted octanol–water partition coefficient (Wildman–Crippen LogP) is 3.97. The summed E-state index contributed by atoms with van der Waals surface area (Å²) in [6.45, 7) is 4.84. The molecule has 4 heterocycles. The van der Waals surface area contributed by atoms with Crippen molar-refractivity contribution in [1.82, 2.24) is 29.0 Å². The quantitative estimate of drug-likeness (QED) is 0.464. The molecule has 10 heteroatoms. The molecule has 2 N–H and O–H groups in total. The minimum atomic E-state index is -1.51. The average molecular weight is 466 g/mol. The molecule has 6 rings (SSSR count). The normalized spacial score (nSPS) is 16.2. The van der Waals surface area contributed by atoms with Gasteiger partial charge < -0.3 is 10.6 Å². The predicted molar refractivity (Wildman–Crippen MR) is 126 cm³/mol. The Labute approximate surface area is 193 Å². The Bertz CT molecular complexity index is 1430. The Morgan fingerprint density at radius 2 is 2.09 bits per heavy atom. The number of hydrogen-bond donors (Lipinski definition) is 2. The molecule has 1 fully saturated rings. The molecule has 8 nitrogen and oxygen atoms in total. The van der Waals surface area contributed by atoms with Crippen LogP contribution < -0.4 is 16.2 Å². The van der Waals surface area contributed by atoms with E-state index in [1.54, 1.807) is 21.6 Å². The number of anilines is 2. The first-order valence-corrected chi connectivity index (χ1v) is 11.9. The number of hydrogen-bond acceptors (Lipinski definition) is 7. The molecule has 0 saturated heterocycles. The summed E-state index contributed by atoms with van der Waals surface area (Å²) in [6, 6.07) is 8.06. The fraction of sp³-hybridized carbons (Fsp3) is 0.391. The standard InChI is InChI=1S/C23H24FN7OS/c1-23(2,24)18-10-19(29-33-18)31-20-17(21(32)30(31)16-5-6-16)12-26-22(28-20)27-15-4-3-13-7-8-25-11-14(13)9-15/h3-4,9-10,12,16,25H,5-8,11H2,1-2H3,(H,26,27,28). The van der Waals surface area contributed by atoms with Crippen LogP contribution in [0.5, 0.6) is 0 Å². The number of alkyl halides is 1. The van der Waals surface area contributed by atoms with E-state index >= 15 is 0 Å². The zero-order valence-corrected chi connectivity index (χ0v) is 19.2. The molecule has 33 heavy (non-hydrogen) atoms. The molecule has 1 aromatic carbocycles. The van der Waals surface area contributed by atoms with Gasteiger partial charge in [-0.05, 0) is 74.4 Å². The van der Waals surface area contributed by atoms with Crippen LogP contribution in [0.1, 0.15) is 48.7 Å². The van der Waals surface area contributed by atoms with E-state index in [9.17, 15) is 9.18 Å². The molecule has 0 atom stereocenters. The van der Waals surface area contributed by atoms with Crippen molar-refractivity contribution in [2.45, 2.75) is 51.4 Å². The Morgan fingerprint density at radius 1 is 1.24 bits per heavy atom. The third kappa shape index (κ3) is 3.63. The molecule has 0 bridgehead atoms. The summed E-state index contributed by atoms with van der Waals surface area (Å²) in [5, 5.41) is 7.09. The van der Waals surface area contributed by atoms with Crippen molar-refractivity contribution in [2.75, 3.05) is 11.9 Å². The van der Waals surface area contributed by atoms with Gasteiger partial charge in [0.2, 0.25) is 5.95 Å². The molecule has 0 amide bonds. The third-order valence-corrected chi connectivity index (χ3v) is 7.24. The topological polar surface area (TPSA) is 89.7 Å². The molecule has 170 valence electrons. The highest BCUT2D eigenvalue weighted by Crippen LogP contribution is 2.37. The average Bonchev–Trinajstić information content (AvgIpc) is 3.42. The number of fused-ring (bicyclic) bond motifs is 2. The lowest BCUT2D eigenvalue weighted by atomic mass is 10.0. The van der Waals surface area contributed by atoms with E-state index in [0.717, 1.165) is 49.6 Å². The van der Waals surface area contributed by atoms with Gasteiger partial charge in [-0.15, -0.1) is 0 Å². The van der Waals surface area contributed by atoms with Crippen molar-refractivity contribution in [3.05, 3.63) is 56.8 Å². The van der Waals surface area contributed by atoms with Crippen LogP contribution in [-0.2, 0) is 18.6 Å². The highest BCUT2D eigenvalue weighted by molar-refractivity contribution is 7.06. The summed E-state index contributed by atoms with van der Waals surface area (Å²) >= 11 is 1.10. The summed E-state index contributed by atoms with van der Waals surface area (Å²) < 4.78 is 22.4. The first-order valence-electron chi connectivity index (χ1n) is 11.1. The van der Waals surface area contributed by atoms with Crippen LogP contribution in [0.3, 0.4) is 0 Å². The number of nitrogens with zero attached hydrogens (tertiary/aromatic N) is 5. The molecular formula is C23H24FN7OS. The van der Waals surface area contributed by atoms with Crippen LogP contribution in [0.4, 0.5) is 16.0 Å². The van der Waals surface area contributed by atoms with Crippen molar-refractivity contribution in [2.24, 2.45) is 0 Å². The number of benzene rings is 1. The van der Waals surface area contributed by atoms with Crippen LogP contribution in [0, 0.1) is 0 Å². The SMILES string of the molecule is CC(C)(F)c1cc(-n2c3nc(Nc4ccc5c(c4)CNCC5)ncc3c(=O)n2C2CC2)ns1. The highest BCUT2D eigenvalue weighted by atomic mass is 32.1. The maximum atomic E-state index is 14.5. The Balaban J connectivity index is 1.44. The monoisotopic (exact) mass is 465 g/mol. The number of rotatable bonds is 5. The minimum absolute atomic E-state index is 0.0970. The van der Waals surface area contributed by atoms with Gasteiger partial charge in [-0.3, -0.25) is 4.79 Å². The summed E-state index contributed by atoms with van der Waals surface area (Å²) in [7, 11) is 0. The van der Waals surface area contributed by atoms with Gasteiger partial charge in [-0.2, -0.15) is 9.36 Å². The van der Waals surface area contributed by atoms with Crippen LogP contribution in [0.25, 0.3) is 16.9 Å². The van der Waals surface area contributed by atoms with Gasteiger partial charge in [0.15, 0.2) is 11.5 Å². The largest absolute Gasteiger partial charge is 0.324 e. The number of aromatic nitrogens is 5. The molecule has 2 aliphatic rings. The summed E-state index contributed by atoms with van der Waals surface area (Å²) in [4.78, 5) is 22.8. The lowest BCUT2D eigenvalue weighted by Crippen LogP contribution is -2.23. The third-order valence-electron chi connectivity index (χ3n) is 6.17. The Morgan fingerprint density at radius 3 is 2.85 bits per heavy atom. The van der Waals surface area contributed by atoms with Crippen LogP contribution in [0.15, 0.2) is 35.3 Å². The molecular weight excluding hydrogens is 441 g/mol. The molecule has 3 aromatic heterocycles. The fourth-order valence-electron chi connectivity index (χ4n) is 4.26. The van der Waals surface area contributed by atoms with Crippen LogP contribution in [0.2, 0.25) is 0 Å². The van der Waals surface area contributed by atoms with E-state index in [2.05, 4.69) is 32.1 Å². The van der Waals surface area contributed by atoms with E-state index in [4.69, 9.17) is 4.98 Å². The van der Waals surface area contributed by atoms with Gasteiger partial charge in [0.05, 0.1) is 10.9 Å². The van der Waals surface area contributed by atoms with Crippen molar-refractivity contribution in [1.29, 1.82) is 0 Å². The number of nitrogens with one attached hydrogen (secondary N) is 2. The van der Waals surface area contributed by atoms with Crippen LogP contribution in [-0.4, -0.2) is 30.2 Å². The summed E-state index contributed by atoms with van der Waals surface area (Å²) in [5.41, 5.74) is 2.31. The minimum Gasteiger partial charge on any atom is -0.324 e. The van der Waals surface area contributed by atoms with E-state index in [1.165, 1.54) is 25.0 Å². The lowest BCUT2D eigenvalue weighted by molar-refractivity contribution is 0.227. The molecule has 4 aromatic rings. The Hall–Kier alpha value is -3.11. The van der Waals surface area contributed by atoms with Gasteiger partial charge in [0, 0.05) is 24.5 Å². The zero-order valence-electron chi connectivity index (χ0n) is 18.4. The second-order valence-corrected chi connectivity index (χ2v) is 9.99.